The Labute approximate surface area is 72.9 Å². The Morgan fingerprint density at radius 3 is 2.91 bits per heavy atom. The lowest BCUT2D eigenvalue weighted by molar-refractivity contribution is 0.443. The van der Waals surface area contributed by atoms with E-state index < -0.39 is 0 Å². The summed E-state index contributed by atoms with van der Waals surface area (Å²) in [5, 5.41) is 4.52. The highest BCUT2D eigenvalue weighted by Crippen LogP contribution is 2.18. The predicted molar refractivity (Wildman–Crippen MR) is 52.2 cm³/mol. The van der Waals surface area contributed by atoms with Gasteiger partial charge in [-0.3, -0.25) is 4.99 Å². The molecule has 0 saturated carbocycles. The molecule has 0 aromatic rings. The van der Waals surface area contributed by atoms with Crippen LogP contribution in [0.2, 0.25) is 0 Å². The minimum atomic E-state index is 0.634. The maximum Gasteiger partial charge on any atom is 0.156 e. The van der Waals surface area contributed by atoms with E-state index in [1.165, 1.54) is 12.2 Å². The zero-order chi connectivity index (χ0) is 8.27. The first-order valence-electron chi connectivity index (χ1n) is 4.10. The normalized spacial score (nSPS) is 29.1. The van der Waals surface area contributed by atoms with Crippen LogP contribution in [0.25, 0.3) is 0 Å². The minimum Gasteiger partial charge on any atom is -0.362 e. The van der Waals surface area contributed by atoms with Crippen molar-refractivity contribution in [3.63, 3.8) is 0 Å². The summed E-state index contributed by atoms with van der Waals surface area (Å²) in [5.41, 5.74) is 0. The molecule has 0 aliphatic carbocycles. The molecule has 1 unspecified atom stereocenters. The van der Waals surface area contributed by atoms with Crippen LogP contribution < -0.4 is 5.32 Å². The van der Waals surface area contributed by atoms with Gasteiger partial charge in [-0.2, -0.15) is 0 Å². The van der Waals surface area contributed by atoms with Crippen molar-refractivity contribution in [3.05, 3.63) is 0 Å². The summed E-state index contributed by atoms with van der Waals surface area (Å²) in [5.74, 6) is 1.93. The molecule has 0 aromatic heterocycles. The van der Waals surface area contributed by atoms with Crippen molar-refractivity contribution in [1.29, 1.82) is 0 Å². The Kier molecular flexibility index (Phi) is 3.24. The molecular weight excluding hydrogens is 156 g/mol. The zero-order valence-corrected chi connectivity index (χ0v) is 8.24. The molecule has 1 aliphatic heterocycles. The van der Waals surface area contributed by atoms with Crippen LogP contribution in [0.5, 0.6) is 0 Å². The molecule has 64 valence electrons. The van der Waals surface area contributed by atoms with Gasteiger partial charge < -0.3 is 5.32 Å². The van der Waals surface area contributed by atoms with Gasteiger partial charge in [0.1, 0.15) is 0 Å². The average Bonchev–Trinajstić information content (AvgIpc) is 2.05. The molecule has 3 heteroatoms. The largest absolute Gasteiger partial charge is 0.362 e. The van der Waals surface area contributed by atoms with Gasteiger partial charge in [-0.15, -0.1) is 0 Å². The summed E-state index contributed by atoms with van der Waals surface area (Å²) < 4.78 is 0. The van der Waals surface area contributed by atoms with Crippen molar-refractivity contribution >= 4 is 16.9 Å². The monoisotopic (exact) mass is 172 g/mol. The third-order valence-corrected chi connectivity index (χ3v) is 3.00. The van der Waals surface area contributed by atoms with Crippen LogP contribution >= 0.6 is 11.8 Å². The van der Waals surface area contributed by atoms with E-state index in [-0.39, 0.29) is 0 Å². The van der Waals surface area contributed by atoms with Crippen molar-refractivity contribution in [2.75, 3.05) is 12.8 Å². The van der Waals surface area contributed by atoms with E-state index in [4.69, 9.17) is 0 Å². The number of hydrogen-bond donors (Lipinski definition) is 1. The standard InChI is InChI=1S/C8H16N2S/c1-6(2)7-4-5-11-8(9-3)10-7/h6-7H,4-5H2,1-3H3,(H,9,10). The predicted octanol–water partition coefficient (Wildman–Crippen LogP) is 1.72. The van der Waals surface area contributed by atoms with Crippen molar-refractivity contribution in [2.45, 2.75) is 26.3 Å². The van der Waals surface area contributed by atoms with E-state index in [1.807, 2.05) is 18.8 Å². The molecule has 0 spiro atoms. The van der Waals surface area contributed by atoms with E-state index in [1.54, 1.807) is 0 Å². The van der Waals surface area contributed by atoms with Gasteiger partial charge >= 0.3 is 0 Å². The van der Waals surface area contributed by atoms with Crippen molar-refractivity contribution in [1.82, 2.24) is 5.32 Å². The zero-order valence-electron chi connectivity index (χ0n) is 7.42. The Balaban J connectivity index is 2.46. The van der Waals surface area contributed by atoms with E-state index in [0.29, 0.717) is 12.0 Å². The molecule has 0 bridgehead atoms. The van der Waals surface area contributed by atoms with Crippen LogP contribution in [-0.4, -0.2) is 24.0 Å². The van der Waals surface area contributed by atoms with Crippen LogP contribution in [-0.2, 0) is 0 Å². The second kappa shape index (κ2) is 4.00. The topological polar surface area (TPSA) is 24.4 Å². The highest BCUT2D eigenvalue weighted by Gasteiger charge is 2.19. The highest BCUT2D eigenvalue weighted by molar-refractivity contribution is 8.13. The third-order valence-electron chi connectivity index (χ3n) is 1.98. The van der Waals surface area contributed by atoms with E-state index in [2.05, 4.69) is 24.2 Å². The molecule has 1 aliphatic rings. The highest BCUT2D eigenvalue weighted by atomic mass is 32.2. The fourth-order valence-electron chi connectivity index (χ4n) is 1.18. The van der Waals surface area contributed by atoms with Crippen LogP contribution in [0, 0.1) is 5.92 Å². The van der Waals surface area contributed by atoms with Crippen molar-refractivity contribution in [3.8, 4) is 0 Å². The maximum atomic E-state index is 4.15. The van der Waals surface area contributed by atoms with Gasteiger partial charge in [0.25, 0.3) is 0 Å². The van der Waals surface area contributed by atoms with Gasteiger partial charge in [-0.05, 0) is 12.3 Å². The number of aliphatic imine (C=N–C) groups is 1. The smallest absolute Gasteiger partial charge is 0.156 e. The summed E-state index contributed by atoms with van der Waals surface area (Å²) in [7, 11) is 1.85. The molecule has 1 atom stereocenters. The molecule has 1 saturated heterocycles. The van der Waals surface area contributed by atoms with Gasteiger partial charge in [0.05, 0.1) is 0 Å². The molecule has 1 fully saturated rings. The molecule has 0 aromatic carbocycles. The molecule has 1 N–H and O–H groups in total. The summed E-state index contributed by atoms with van der Waals surface area (Å²) in [6.45, 7) is 4.50. The number of nitrogens with one attached hydrogen (secondary N) is 1. The second-order valence-corrected chi connectivity index (χ2v) is 4.24. The first kappa shape index (κ1) is 8.91. The molecule has 0 radical (unpaired) electrons. The molecule has 1 heterocycles. The first-order chi connectivity index (χ1) is 5.24. The third kappa shape index (κ3) is 2.40. The molecule has 1 rings (SSSR count). The number of rotatable bonds is 1. The number of thioether (sulfide) groups is 1. The number of nitrogens with zero attached hydrogens (tertiary/aromatic N) is 1. The summed E-state index contributed by atoms with van der Waals surface area (Å²) in [4.78, 5) is 4.15. The van der Waals surface area contributed by atoms with Gasteiger partial charge in [0.15, 0.2) is 5.17 Å². The van der Waals surface area contributed by atoms with Crippen LogP contribution in [0.3, 0.4) is 0 Å². The SMILES string of the molecule is CN=C1NC(C(C)C)CCS1. The summed E-state index contributed by atoms with van der Waals surface area (Å²) >= 11 is 1.82. The van der Waals surface area contributed by atoms with Gasteiger partial charge in [0.2, 0.25) is 0 Å². The second-order valence-electron chi connectivity index (χ2n) is 3.16. The van der Waals surface area contributed by atoms with E-state index >= 15 is 0 Å². The fraction of sp³-hybridized carbons (Fsp3) is 0.875. The molecular formula is C8H16N2S. The quantitative estimate of drug-likeness (QED) is 0.651. The average molecular weight is 172 g/mol. The molecule has 11 heavy (non-hydrogen) atoms. The lowest BCUT2D eigenvalue weighted by atomic mass is 10.0. The first-order valence-corrected chi connectivity index (χ1v) is 5.08. The van der Waals surface area contributed by atoms with Crippen molar-refractivity contribution in [2.24, 2.45) is 10.9 Å². The van der Waals surface area contributed by atoms with E-state index in [0.717, 1.165) is 5.17 Å². The van der Waals surface area contributed by atoms with Gasteiger partial charge in [-0.25, -0.2) is 0 Å². The van der Waals surface area contributed by atoms with E-state index in [9.17, 15) is 0 Å². The minimum absolute atomic E-state index is 0.634. The maximum absolute atomic E-state index is 4.15. The number of amidine groups is 1. The van der Waals surface area contributed by atoms with Crippen molar-refractivity contribution < 1.29 is 0 Å². The Morgan fingerprint density at radius 2 is 2.36 bits per heavy atom. The molecule has 2 nitrogen and oxygen atoms in total. The summed E-state index contributed by atoms with van der Waals surface area (Å²) in [6, 6.07) is 0.634. The van der Waals surface area contributed by atoms with Gasteiger partial charge in [-0.1, -0.05) is 25.6 Å². The van der Waals surface area contributed by atoms with Crippen LogP contribution in [0.1, 0.15) is 20.3 Å². The van der Waals surface area contributed by atoms with Crippen LogP contribution in [0.4, 0.5) is 0 Å². The Hall–Kier alpha value is -0.180. The van der Waals surface area contributed by atoms with Gasteiger partial charge in [0, 0.05) is 18.8 Å². The summed E-state index contributed by atoms with van der Waals surface area (Å²) in [6.07, 6.45) is 1.27. The lowest BCUT2D eigenvalue weighted by Gasteiger charge is -2.27. The van der Waals surface area contributed by atoms with Crippen LogP contribution in [0.15, 0.2) is 4.99 Å². The molecule has 0 amide bonds. The Bertz CT molecular complexity index is 154. The fourth-order valence-corrected chi connectivity index (χ4v) is 2.11. The lowest BCUT2D eigenvalue weighted by Crippen LogP contribution is -2.41. The number of hydrogen-bond acceptors (Lipinski definition) is 2. The Morgan fingerprint density at radius 1 is 1.64 bits per heavy atom.